The van der Waals surface area contributed by atoms with Crippen molar-refractivity contribution in [1.29, 1.82) is 0 Å². The largest absolute Gasteiger partial charge is 0.416 e. The van der Waals surface area contributed by atoms with E-state index in [-0.39, 0.29) is 6.10 Å². The molecule has 2 aliphatic rings. The number of nitrogens with zero attached hydrogens (tertiary/aromatic N) is 2. The zero-order valence-electron chi connectivity index (χ0n) is 13.2. The van der Waals surface area contributed by atoms with Crippen molar-refractivity contribution in [2.24, 2.45) is 0 Å². The van der Waals surface area contributed by atoms with Gasteiger partial charge in [-0.05, 0) is 49.9 Å². The number of rotatable bonds is 3. The molecule has 0 unspecified atom stereocenters. The quantitative estimate of drug-likeness (QED) is 0.831. The molecule has 128 valence electrons. The molecule has 6 heteroatoms. The second kappa shape index (κ2) is 7.09. The third-order valence-electron chi connectivity index (χ3n) is 4.61. The first-order chi connectivity index (χ1) is 11.0. The van der Waals surface area contributed by atoms with Crippen molar-refractivity contribution in [3.8, 4) is 0 Å². The minimum atomic E-state index is -4.27. The molecule has 3 nitrogen and oxygen atoms in total. The molecule has 0 atom stereocenters. The number of alkyl halides is 3. The lowest BCUT2D eigenvalue weighted by atomic mass is 10.1. The van der Waals surface area contributed by atoms with Gasteiger partial charge in [0.2, 0.25) is 0 Å². The van der Waals surface area contributed by atoms with E-state index in [1.807, 2.05) is 0 Å². The van der Waals surface area contributed by atoms with Gasteiger partial charge in [-0.25, -0.2) is 0 Å². The lowest BCUT2D eigenvalue weighted by Crippen LogP contribution is -2.41. The van der Waals surface area contributed by atoms with Gasteiger partial charge < -0.3 is 4.90 Å². The summed E-state index contributed by atoms with van der Waals surface area (Å²) < 4.78 is 37.8. The maximum atomic E-state index is 12.6. The van der Waals surface area contributed by atoms with E-state index in [9.17, 15) is 13.2 Å². The SMILES string of the molecule is FC(F)(F)c1ccc(N2CCC(ON3CCCCC3)CC2)cc1. The molecule has 0 spiro atoms. The second-order valence-corrected chi connectivity index (χ2v) is 6.33. The fourth-order valence-electron chi connectivity index (χ4n) is 3.26. The van der Waals surface area contributed by atoms with E-state index < -0.39 is 11.7 Å². The molecule has 0 aromatic heterocycles. The first-order valence-corrected chi connectivity index (χ1v) is 8.36. The monoisotopic (exact) mass is 328 g/mol. The molecule has 23 heavy (non-hydrogen) atoms. The maximum absolute atomic E-state index is 12.6. The van der Waals surface area contributed by atoms with Crippen LogP contribution in [0.25, 0.3) is 0 Å². The summed E-state index contributed by atoms with van der Waals surface area (Å²) in [6.07, 6.45) is 1.47. The number of anilines is 1. The Balaban J connectivity index is 1.50. The first-order valence-electron chi connectivity index (χ1n) is 8.36. The number of hydrogen-bond acceptors (Lipinski definition) is 3. The van der Waals surface area contributed by atoms with Crippen LogP contribution in [-0.4, -0.2) is 37.3 Å². The van der Waals surface area contributed by atoms with Crippen molar-refractivity contribution in [2.45, 2.75) is 44.4 Å². The Hall–Kier alpha value is -1.27. The molecule has 1 aromatic rings. The van der Waals surface area contributed by atoms with Crippen molar-refractivity contribution in [3.63, 3.8) is 0 Å². The lowest BCUT2D eigenvalue weighted by Gasteiger charge is -2.36. The minimum absolute atomic E-state index is 0.235. The van der Waals surface area contributed by atoms with Crippen LogP contribution >= 0.6 is 0 Å². The van der Waals surface area contributed by atoms with Crippen molar-refractivity contribution in [3.05, 3.63) is 29.8 Å². The van der Waals surface area contributed by atoms with Crippen molar-refractivity contribution >= 4 is 5.69 Å². The van der Waals surface area contributed by atoms with Gasteiger partial charge in [-0.15, -0.1) is 0 Å². The fraction of sp³-hybridized carbons (Fsp3) is 0.647. The molecule has 2 fully saturated rings. The Kier molecular flexibility index (Phi) is 5.11. The van der Waals surface area contributed by atoms with Gasteiger partial charge in [0, 0.05) is 31.9 Å². The summed E-state index contributed by atoms with van der Waals surface area (Å²) in [5.74, 6) is 0. The van der Waals surface area contributed by atoms with Crippen LogP contribution in [0.1, 0.15) is 37.7 Å². The molecule has 2 heterocycles. The number of hydroxylamine groups is 2. The van der Waals surface area contributed by atoms with E-state index in [1.165, 1.54) is 19.3 Å². The predicted octanol–water partition coefficient (Wildman–Crippen LogP) is 4.09. The van der Waals surface area contributed by atoms with Gasteiger partial charge >= 0.3 is 6.18 Å². The lowest BCUT2D eigenvalue weighted by molar-refractivity contribution is -0.209. The molecule has 0 radical (unpaired) electrons. The summed E-state index contributed by atoms with van der Waals surface area (Å²) in [5, 5.41) is 2.09. The van der Waals surface area contributed by atoms with Crippen LogP contribution < -0.4 is 4.90 Å². The highest BCUT2D eigenvalue weighted by atomic mass is 19.4. The molecule has 1 aromatic carbocycles. The van der Waals surface area contributed by atoms with E-state index >= 15 is 0 Å². The Bertz CT molecular complexity index is 490. The van der Waals surface area contributed by atoms with Crippen molar-refractivity contribution in [2.75, 3.05) is 31.1 Å². The van der Waals surface area contributed by atoms with Crippen LogP contribution in [0.3, 0.4) is 0 Å². The molecule has 0 saturated carbocycles. The van der Waals surface area contributed by atoms with E-state index in [0.717, 1.165) is 56.8 Å². The van der Waals surface area contributed by atoms with Crippen LogP contribution in [0.15, 0.2) is 24.3 Å². The number of piperidine rings is 2. The molecule has 0 bridgehead atoms. The smallest absolute Gasteiger partial charge is 0.371 e. The van der Waals surface area contributed by atoms with Gasteiger partial charge in [-0.2, -0.15) is 18.2 Å². The number of hydrogen-bond donors (Lipinski definition) is 0. The van der Waals surface area contributed by atoms with Crippen molar-refractivity contribution in [1.82, 2.24) is 5.06 Å². The van der Waals surface area contributed by atoms with Gasteiger partial charge in [0.25, 0.3) is 0 Å². The second-order valence-electron chi connectivity index (χ2n) is 6.33. The zero-order valence-corrected chi connectivity index (χ0v) is 13.2. The maximum Gasteiger partial charge on any atom is 0.416 e. The van der Waals surface area contributed by atoms with Crippen LogP contribution in [0.5, 0.6) is 0 Å². The Morgan fingerprint density at radius 2 is 1.48 bits per heavy atom. The summed E-state index contributed by atoms with van der Waals surface area (Å²) >= 11 is 0. The topological polar surface area (TPSA) is 15.7 Å². The van der Waals surface area contributed by atoms with E-state index in [0.29, 0.717) is 0 Å². The molecule has 2 saturated heterocycles. The highest BCUT2D eigenvalue weighted by molar-refractivity contribution is 5.48. The summed E-state index contributed by atoms with van der Waals surface area (Å²) in [5.41, 5.74) is 0.263. The van der Waals surface area contributed by atoms with Crippen LogP contribution in [-0.2, 0) is 11.0 Å². The van der Waals surface area contributed by atoms with E-state index in [1.54, 1.807) is 12.1 Å². The highest BCUT2D eigenvalue weighted by Gasteiger charge is 2.30. The average Bonchev–Trinajstić information content (AvgIpc) is 2.56. The van der Waals surface area contributed by atoms with Gasteiger partial charge in [0.1, 0.15) is 0 Å². The van der Waals surface area contributed by atoms with Crippen LogP contribution in [0.2, 0.25) is 0 Å². The summed E-state index contributed by atoms with van der Waals surface area (Å²) in [7, 11) is 0. The van der Waals surface area contributed by atoms with Gasteiger partial charge in [0.05, 0.1) is 11.7 Å². The molecular weight excluding hydrogens is 305 g/mol. The number of benzene rings is 1. The summed E-state index contributed by atoms with van der Waals surface area (Å²) in [6.45, 7) is 3.67. The minimum Gasteiger partial charge on any atom is -0.371 e. The first kappa shape index (κ1) is 16.6. The molecule has 0 N–H and O–H groups in total. The molecule has 3 rings (SSSR count). The number of halogens is 3. The van der Waals surface area contributed by atoms with Gasteiger partial charge in [0.15, 0.2) is 0 Å². The van der Waals surface area contributed by atoms with E-state index in [2.05, 4.69) is 9.96 Å². The standard InChI is InChI=1S/C17H23F3N2O/c18-17(19,20)14-4-6-15(7-5-14)21-12-8-16(9-13-21)23-22-10-2-1-3-11-22/h4-7,16H,1-3,8-13H2. The summed E-state index contributed by atoms with van der Waals surface area (Å²) in [6, 6.07) is 5.45. The van der Waals surface area contributed by atoms with Gasteiger partial charge in [-0.1, -0.05) is 6.42 Å². The van der Waals surface area contributed by atoms with Crippen molar-refractivity contribution < 1.29 is 18.0 Å². The molecular formula is C17H23F3N2O. The molecule has 2 aliphatic heterocycles. The molecule has 0 amide bonds. The zero-order chi connectivity index (χ0) is 16.3. The third-order valence-corrected chi connectivity index (χ3v) is 4.61. The fourth-order valence-corrected chi connectivity index (χ4v) is 3.26. The van der Waals surface area contributed by atoms with Crippen LogP contribution in [0.4, 0.5) is 18.9 Å². The highest BCUT2D eigenvalue weighted by Crippen LogP contribution is 2.31. The van der Waals surface area contributed by atoms with E-state index in [4.69, 9.17) is 4.84 Å². The van der Waals surface area contributed by atoms with Crippen LogP contribution in [0, 0.1) is 0 Å². The Morgan fingerprint density at radius 3 is 2.04 bits per heavy atom. The molecule has 0 aliphatic carbocycles. The Labute approximate surface area is 135 Å². The Morgan fingerprint density at radius 1 is 0.870 bits per heavy atom. The van der Waals surface area contributed by atoms with Gasteiger partial charge in [-0.3, -0.25) is 4.84 Å². The third kappa shape index (κ3) is 4.38. The summed E-state index contributed by atoms with van der Waals surface area (Å²) in [4.78, 5) is 8.17. The normalized spacial score (nSPS) is 21.6. The average molecular weight is 328 g/mol. The predicted molar refractivity (Wildman–Crippen MR) is 83.2 cm³/mol.